The highest BCUT2D eigenvalue weighted by Crippen LogP contribution is 2.40. The smallest absolute Gasteiger partial charge is 0.141 e. The molecule has 2 aliphatic rings. The Morgan fingerprint density at radius 3 is 2.34 bits per heavy atom. The highest BCUT2D eigenvalue weighted by Gasteiger charge is 2.23. The van der Waals surface area contributed by atoms with Crippen LogP contribution in [0.4, 0.5) is 0 Å². The first-order valence-electron chi connectivity index (χ1n) is 11.1. The van der Waals surface area contributed by atoms with Gasteiger partial charge in [-0.2, -0.15) is 5.26 Å². The predicted octanol–water partition coefficient (Wildman–Crippen LogP) is 4.59. The fourth-order valence-corrected chi connectivity index (χ4v) is 4.79. The van der Waals surface area contributed by atoms with E-state index >= 15 is 0 Å². The molecule has 162 valence electrons. The highest BCUT2D eigenvalue weighted by molar-refractivity contribution is 5.80. The van der Waals surface area contributed by atoms with E-state index in [4.69, 9.17) is 14.5 Å². The van der Waals surface area contributed by atoms with Crippen LogP contribution in [0.15, 0.2) is 36.7 Å². The molecule has 3 heterocycles. The zero-order valence-electron chi connectivity index (χ0n) is 18.5. The van der Waals surface area contributed by atoms with Crippen LogP contribution in [-0.2, 0) is 13.0 Å². The summed E-state index contributed by atoms with van der Waals surface area (Å²) in [5.41, 5.74) is 7.73. The number of piperidine rings is 1. The molecular formula is C26H26N4O2. The van der Waals surface area contributed by atoms with Gasteiger partial charge in [-0.15, -0.1) is 0 Å². The first kappa shape index (κ1) is 20.5. The number of hydrogen-bond donors (Lipinski definition) is 0. The summed E-state index contributed by atoms with van der Waals surface area (Å²) in [6, 6.07) is 10.3. The van der Waals surface area contributed by atoms with Gasteiger partial charge in [0.25, 0.3) is 0 Å². The second-order valence-electron chi connectivity index (χ2n) is 8.43. The molecule has 1 aromatic carbocycles. The minimum atomic E-state index is 0.424. The predicted molar refractivity (Wildman–Crippen MR) is 123 cm³/mol. The molecule has 0 unspecified atom stereocenters. The van der Waals surface area contributed by atoms with E-state index in [9.17, 15) is 5.26 Å². The quantitative estimate of drug-likeness (QED) is 0.465. The normalized spacial score (nSPS) is 15.0. The van der Waals surface area contributed by atoms with E-state index in [2.05, 4.69) is 34.2 Å². The van der Waals surface area contributed by atoms with Crippen molar-refractivity contribution in [3.63, 3.8) is 0 Å². The molecule has 1 aliphatic heterocycles. The Bertz CT molecular complexity index is 1180. The van der Waals surface area contributed by atoms with E-state index in [1.807, 2.05) is 12.3 Å². The molecule has 6 nitrogen and oxygen atoms in total. The van der Waals surface area contributed by atoms with Crippen LogP contribution >= 0.6 is 0 Å². The van der Waals surface area contributed by atoms with E-state index in [1.54, 1.807) is 20.4 Å². The molecule has 1 aliphatic carbocycles. The number of likely N-dealkylation sites (tertiary alicyclic amines) is 1. The minimum absolute atomic E-state index is 0.424. The van der Waals surface area contributed by atoms with Crippen molar-refractivity contribution in [3.05, 3.63) is 59.2 Å². The van der Waals surface area contributed by atoms with Gasteiger partial charge in [-0.05, 0) is 66.9 Å². The zero-order valence-corrected chi connectivity index (χ0v) is 18.5. The number of fused-ring (bicyclic) bond motifs is 3. The number of rotatable bonds is 5. The Morgan fingerprint density at radius 1 is 0.906 bits per heavy atom. The van der Waals surface area contributed by atoms with Gasteiger partial charge in [0.1, 0.15) is 23.3 Å². The summed E-state index contributed by atoms with van der Waals surface area (Å²) < 4.78 is 11.6. The molecule has 1 fully saturated rings. The third-order valence-electron chi connectivity index (χ3n) is 6.49. The maximum absolute atomic E-state index is 9.25. The maximum atomic E-state index is 9.25. The van der Waals surface area contributed by atoms with E-state index in [-0.39, 0.29) is 0 Å². The van der Waals surface area contributed by atoms with Crippen molar-refractivity contribution >= 4 is 0 Å². The number of methoxy groups -OCH3 is 2. The molecule has 32 heavy (non-hydrogen) atoms. The molecule has 6 heteroatoms. The highest BCUT2D eigenvalue weighted by atomic mass is 16.5. The zero-order chi connectivity index (χ0) is 22.1. The van der Waals surface area contributed by atoms with Crippen molar-refractivity contribution in [1.82, 2.24) is 14.9 Å². The summed E-state index contributed by atoms with van der Waals surface area (Å²) in [4.78, 5) is 11.4. The third-order valence-corrected chi connectivity index (χ3v) is 6.49. The van der Waals surface area contributed by atoms with E-state index in [0.29, 0.717) is 5.69 Å². The molecule has 0 spiro atoms. The average molecular weight is 427 g/mol. The van der Waals surface area contributed by atoms with Crippen LogP contribution in [-0.4, -0.2) is 42.2 Å². The van der Waals surface area contributed by atoms with Crippen molar-refractivity contribution in [3.8, 4) is 39.8 Å². The lowest BCUT2D eigenvalue weighted by Crippen LogP contribution is -2.29. The summed E-state index contributed by atoms with van der Waals surface area (Å²) in [6.07, 6.45) is 8.23. The van der Waals surface area contributed by atoms with Crippen LogP contribution in [0.3, 0.4) is 0 Å². The van der Waals surface area contributed by atoms with E-state index in [0.717, 1.165) is 76.6 Å². The number of hydrogen-bond acceptors (Lipinski definition) is 6. The molecule has 0 radical (unpaired) electrons. The SMILES string of the molecule is COc1cc(-c2cnc3c(c2)-c2cc(C#N)ncc2C3)cc(OC)c1CN1CCCCC1. The number of ether oxygens (including phenoxy) is 2. The Labute approximate surface area is 188 Å². The summed E-state index contributed by atoms with van der Waals surface area (Å²) in [7, 11) is 3.43. The summed E-state index contributed by atoms with van der Waals surface area (Å²) >= 11 is 0. The van der Waals surface area contributed by atoms with Gasteiger partial charge in [0.2, 0.25) is 0 Å². The Hall–Kier alpha value is -3.43. The Balaban J connectivity index is 1.54. The van der Waals surface area contributed by atoms with Gasteiger partial charge < -0.3 is 9.47 Å². The molecule has 3 aromatic rings. The van der Waals surface area contributed by atoms with Crippen molar-refractivity contribution in [2.45, 2.75) is 32.2 Å². The van der Waals surface area contributed by atoms with Crippen molar-refractivity contribution in [1.29, 1.82) is 5.26 Å². The number of benzene rings is 1. The number of aromatic nitrogens is 2. The first-order chi connectivity index (χ1) is 15.7. The topological polar surface area (TPSA) is 71.3 Å². The van der Waals surface area contributed by atoms with Crippen LogP contribution in [0, 0.1) is 11.3 Å². The number of nitrogens with zero attached hydrogens (tertiary/aromatic N) is 4. The fourth-order valence-electron chi connectivity index (χ4n) is 4.79. The van der Waals surface area contributed by atoms with Crippen molar-refractivity contribution in [2.75, 3.05) is 27.3 Å². The summed E-state index contributed by atoms with van der Waals surface area (Å²) in [6.45, 7) is 3.05. The van der Waals surface area contributed by atoms with Gasteiger partial charge in [0.05, 0.1) is 25.5 Å². The lowest BCUT2D eigenvalue weighted by Gasteiger charge is -2.28. The average Bonchev–Trinajstić information content (AvgIpc) is 3.21. The lowest BCUT2D eigenvalue weighted by molar-refractivity contribution is 0.215. The second-order valence-corrected chi connectivity index (χ2v) is 8.43. The van der Waals surface area contributed by atoms with Gasteiger partial charge in [0, 0.05) is 36.5 Å². The lowest BCUT2D eigenvalue weighted by atomic mass is 9.99. The third kappa shape index (κ3) is 3.69. The summed E-state index contributed by atoms with van der Waals surface area (Å²) in [5, 5.41) is 9.25. The van der Waals surface area contributed by atoms with Gasteiger partial charge in [-0.3, -0.25) is 9.88 Å². The minimum Gasteiger partial charge on any atom is -0.496 e. The number of nitriles is 1. The monoisotopic (exact) mass is 426 g/mol. The van der Waals surface area contributed by atoms with Crippen LogP contribution in [0.2, 0.25) is 0 Å². The van der Waals surface area contributed by atoms with Crippen LogP contribution in [0.25, 0.3) is 22.3 Å². The molecule has 1 saturated heterocycles. The van der Waals surface area contributed by atoms with Crippen molar-refractivity contribution < 1.29 is 9.47 Å². The molecule has 0 atom stereocenters. The van der Waals surface area contributed by atoms with E-state index in [1.165, 1.54) is 19.3 Å². The van der Waals surface area contributed by atoms with Gasteiger partial charge >= 0.3 is 0 Å². The maximum Gasteiger partial charge on any atom is 0.141 e. The largest absolute Gasteiger partial charge is 0.496 e. The van der Waals surface area contributed by atoms with Crippen LogP contribution in [0.1, 0.15) is 41.8 Å². The Morgan fingerprint density at radius 2 is 1.66 bits per heavy atom. The van der Waals surface area contributed by atoms with E-state index < -0.39 is 0 Å². The van der Waals surface area contributed by atoms with Crippen LogP contribution < -0.4 is 9.47 Å². The Kier molecular flexibility index (Phi) is 5.50. The number of pyridine rings is 2. The fraction of sp³-hybridized carbons (Fsp3) is 0.346. The van der Waals surface area contributed by atoms with Crippen molar-refractivity contribution in [2.24, 2.45) is 0 Å². The molecule has 0 bridgehead atoms. The standard InChI is InChI=1S/C26H26N4O2/c1-31-25-10-17(11-26(32-2)23(25)16-30-6-4-3-5-7-30)18-8-22-21-12-20(13-27)28-15-19(21)9-24(22)29-14-18/h8,10-12,14-15H,3-7,9,16H2,1-2H3. The van der Waals surface area contributed by atoms with Gasteiger partial charge in [-0.25, -0.2) is 4.98 Å². The second kappa shape index (κ2) is 8.60. The summed E-state index contributed by atoms with van der Waals surface area (Å²) in [5.74, 6) is 1.67. The van der Waals surface area contributed by atoms with Gasteiger partial charge in [-0.1, -0.05) is 6.42 Å². The van der Waals surface area contributed by atoms with Gasteiger partial charge in [0.15, 0.2) is 0 Å². The molecular weight excluding hydrogens is 400 g/mol. The molecule has 0 amide bonds. The first-order valence-corrected chi connectivity index (χ1v) is 11.1. The van der Waals surface area contributed by atoms with Crippen LogP contribution in [0.5, 0.6) is 11.5 Å². The molecule has 0 N–H and O–H groups in total. The molecule has 2 aromatic heterocycles. The molecule has 0 saturated carbocycles. The molecule has 5 rings (SSSR count).